The van der Waals surface area contributed by atoms with E-state index in [1.54, 1.807) is 0 Å². The summed E-state index contributed by atoms with van der Waals surface area (Å²) in [6.45, 7) is 1.08. The molecule has 2 aromatic carbocycles. The van der Waals surface area contributed by atoms with Crippen LogP contribution in [-0.4, -0.2) is 32.5 Å². The van der Waals surface area contributed by atoms with Gasteiger partial charge in [-0.05, 0) is 66.8 Å². The van der Waals surface area contributed by atoms with Crippen LogP contribution in [0.2, 0.25) is 0 Å². The predicted octanol–water partition coefficient (Wildman–Crippen LogP) is 5.76. The zero-order chi connectivity index (χ0) is 23.2. The van der Waals surface area contributed by atoms with Crippen molar-refractivity contribution in [3.8, 4) is 33.6 Å². The molecule has 2 bridgehead atoms. The first kappa shape index (κ1) is 21.1. The van der Waals surface area contributed by atoms with Gasteiger partial charge in [0.1, 0.15) is 11.6 Å². The van der Waals surface area contributed by atoms with Gasteiger partial charge in [-0.2, -0.15) is 0 Å². The maximum absolute atomic E-state index is 4.71. The largest absolute Gasteiger partial charge is 0.341 e. The van der Waals surface area contributed by atoms with Crippen LogP contribution < -0.4 is 10.6 Å². The second-order valence-corrected chi connectivity index (χ2v) is 10.4. The molecule has 6 nitrogen and oxygen atoms in total. The molecule has 7 rings (SSSR count). The minimum atomic E-state index is 0.353. The molecule has 3 fully saturated rings. The zero-order valence-electron chi connectivity index (χ0n) is 19.9. The van der Waals surface area contributed by atoms with E-state index in [4.69, 9.17) is 4.98 Å². The Kier molecular flexibility index (Phi) is 5.29. The summed E-state index contributed by atoms with van der Waals surface area (Å²) in [5.41, 5.74) is 6.94. The van der Waals surface area contributed by atoms with Crippen LogP contribution in [0.5, 0.6) is 0 Å². The first-order chi connectivity index (χ1) is 17.3. The number of fused-ring (bicyclic) bond motifs is 2. The first-order valence-corrected chi connectivity index (χ1v) is 13.1. The maximum atomic E-state index is 4.71. The molecule has 2 aromatic heterocycles. The lowest BCUT2D eigenvalue weighted by molar-refractivity contribution is 0.379. The lowest BCUT2D eigenvalue weighted by atomic mass is 9.99. The number of nitrogens with zero attached hydrogens (tertiary/aromatic N) is 2. The molecule has 2 saturated heterocycles. The molecule has 0 spiro atoms. The first-order valence-electron chi connectivity index (χ1n) is 13.1. The van der Waals surface area contributed by atoms with Crippen LogP contribution in [0, 0.1) is 5.92 Å². The highest BCUT2D eigenvalue weighted by Gasteiger charge is 2.41. The van der Waals surface area contributed by atoms with E-state index in [1.807, 2.05) is 12.4 Å². The Bertz CT molecular complexity index is 1300. The Balaban J connectivity index is 1.05. The van der Waals surface area contributed by atoms with E-state index in [2.05, 4.69) is 74.1 Å². The molecule has 35 heavy (non-hydrogen) atoms. The summed E-state index contributed by atoms with van der Waals surface area (Å²) in [5.74, 6) is 2.88. The minimum absolute atomic E-state index is 0.353. The van der Waals surface area contributed by atoms with Gasteiger partial charge in [0.15, 0.2) is 0 Å². The molecule has 4 heterocycles. The molecule has 4 N–H and O–H groups in total. The summed E-state index contributed by atoms with van der Waals surface area (Å²) >= 11 is 0. The number of rotatable bonds is 5. The summed E-state index contributed by atoms with van der Waals surface area (Å²) < 4.78 is 0. The molecule has 3 aliphatic rings. The van der Waals surface area contributed by atoms with Crippen LogP contribution in [0.25, 0.3) is 33.6 Å². The van der Waals surface area contributed by atoms with Crippen LogP contribution in [0.3, 0.4) is 0 Å². The van der Waals surface area contributed by atoms with Gasteiger partial charge in [-0.25, -0.2) is 9.97 Å². The van der Waals surface area contributed by atoms with Crippen molar-refractivity contribution in [3.63, 3.8) is 0 Å². The number of piperidine rings is 2. The number of nitrogens with one attached hydrogen (secondary N) is 4. The summed E-state index contributed by atoms with van der Waals surface area (Å²) in [6.07, 6.45) is 11.6. The van der Waals surface area contributed by atoms with Gasteiger partial charge >= 0.3 is 0 Å². The molecule has 2 aliphatic heterocycles. The van der Waals surface area contributed by atoms with Crippen molar-refractivity contribution in [2.75, 3.05) is 6.54 Å². The van der Waals surface area contributed by atoms with Crippen molar-refractivity contribution >= 4 is 0 Å². The van der Waals surface area contributed by atoms with Gasteiger partial charge in [0, 0.05) is 6.04 Å². The third-order valence-electron chi connectivity index (χ3n) is 8.21. The summed E-state index contributed by atoms with van der Waals surface area (Å²) in [4.78, 5) is 16.5. The van der Waals surface area contributed by atoms with Gasteiger partial charge in [0.05, 0.1) is 35.9 Å². The Labute approximate surface area is 206 Å². The van der Waals surface area contributed by atoms with Crippen molar-refractivity contribution in [1.82, 2.24) is 30.6 Å². The van der Waals surface area contributed by atoms with E-state index in [1.165, 1.54) is 54.4 Å². The Morgan fingerprint density at radius 2 is 1.29 bits per heavy atom. The number of imidazole rings is 2. The fourth-order valence-electron chi connectivity index (χ4n) is 6.23. The highest BCUT2D eigenvalue weighted by atomic mass is 15.1. The third-order valence-corrected chi connectivity index (χ3v) is 8.21. The van der Waals surface area contributed by atoms with Crippen LogP contribution >= 0.6 is 0 Å². The number of hydrogen-bond donors (Lipinski definition) is 4. The smallest absolute Gasteiger partial charge is 0.124 e. The lowest BCUT2D eigenvalue weighted by Crippen LogP contribution is -2.29. The van der Waals surface area contributed by atoms with Gasteiger partial charge in [-0.1, -0.05) is 55.0 Å². The molecule has 178 valence electrons. The Hall–Kier alpha value is -3.22. The van der Waals surface area contributed by atoms with E-state index >= 15 is 0 Å². The van der Waals surface area contributed by atoms with Crippen LogP contribution in [0.4, 0.5) is 0 Å². The molecule has 0 radical (unpaired) electrons. The van der Waals surface area contributed by atoms with E-state index in [9.17, 15) is 0 Å². The fourth-order valence-corrected chi connectivity index (χ4v) is 6.23. The molecular weight excluding hydrogens is 432 g/mol. The fraction of sp³-hybridized carbons (Fsp3) is 0.379. The number of hydrogen-bond acceptors (Lipinski definition) is 4. The van der Waals surface area contributed by atoms with Crippen molar-refractivity contribution in [1.29, 1.82) is 0 Å². The highest BCUT2D eigenvalue weighted by molar-refractivity contribution is 5.71. The quantitative estimate of drug-likeness (QED) is 0.303. The van der Waals surface area contributed by atoms with E-state index in [0.29, 0.717) is 18.1 Å². The Morgan fingerprint density at radius 1 is 0.657 bits per heavy atom. The van der Waals surface area contributed by atoms with Gasteiger partial charge in [-0.15, -0.1) is 0 Å². The molecule has 4 atom stereocenters. The van der Waals surface area contributed by atoms with Gasteiger partial charge in [0.2, 0.25) is 0 Å². The highest BCUT2D eigenvalue weighted by Crippen LogP contribution is 2.42. The molecule has 1 aliphatic carbocycles. The molecule has 4 unspecified atom stereocenters. The van der Waals surface area contributed by atoms with E-state index in [-0.39, 0.29) is 0 Å². The number of benzene rings is 2. The molecule has 1 saturated carbocycles. The lowest BCUT2D eigenvalue weighted by Gasteiger charge is -2.21. The topological polar surface area (TPSA) is 81.4 Å². The number of H-pyrrole nitrogens is 2. The average molecular weight is 465 g/mol. The van der Waals surface area contributed by atoms with E-state index in [0.717, 1.165) is 41.9 Å². The summed E-state index contributed by atoms with van der Waals surface area (Å²) in [6, 6.07) is 19.0. The zero-order valence-corrected chi connectivity index (χ0v) is 19.9. The maximum Gasteiger partial charge on any atom is 0.124 e. The van der Waals surface area contributed by atoms with Crippen molar-refractivity contribution in [2.45, 2.75) is 56.7 Å². The van der Waals surface area contributed by atoms with Crippen LogP contribution in [0.1, 0.15) is 62.3 Å². The van der Waals surface area contributed by atoms with Crippen LogP contribution in [-0.2, 0) is 0 Å². The van der Waals surface area contributed by atoms with Gasteiger partial charge in [-0.3, -0.25) is 0 Å². The third kappa shape index (κ3) is 4.01. The molecule has 0 amide bonds. The minimum Gasteiger partial charge on any atom is -0.341 e. The van der Waals surface area contributed by atoms with Crippen LogP contribution in [0.15, 0.2) is 60.9 Å². The standard InChI is InChI=1S/C29H32N6/c1-2-14-30-24(3-1)28-31-16-25(34-28)20-8-4-18(5-9-20)19-6-10-21(11-7-19)26-17-32-29(35-26)27-22-12-13-23(15-22)33-27/h4-11,16-17,22-24,27,30,33H,1-3,12-15H2,(H,31,34)(H,32,35). The van der Waals surface area contributed by atoms with Gasteiger partial charge < -0.3 is 20.6 Å². The molecular formula is C29H32N6. The van der Waals surface area contributed by atoms with Crippen molar-refractivity contribution in [3.05, 3.63) is 72.6 Å². The molecule has 4 aromatic rings. The molecule has 6 heteroatoms. The van der Waals surface area contributed by atoms with Crippen molar-refractivity contribution < 1.29 is 0 Å². The monoisotopic (exact) mass is 464 g/mol. The normalized spacial score (nSPS) is 25.8. The predicted molar refractivity (Wildman–Crippen MR) is 139 cm³/mol. The SMILES string of the molecule is c1cc(-c2cnc(C3CCCCN3)[nH]2)ccc1-c1ccc(-c2cnc(C3NC4CCC3C4)[nH]2)cc1. The Morgan fingerprint density at radius 3 is 1.86 bits per heavy atom. The average Bonchev–Trinajstić information content (AvgIpc) is 3.74. The summed E-state index contributed by atoms with van der Waals surface area (Å²) in [5, 5.41) is 7.30. The second-order valence-electron chi connectivity index (χ2n) is 10.4. The van der Waals surface area contributed by atoms with Gasteiger partial charge in [0.25, 0.3) is 0 Å². The van der Waals surface area contributed by atoms with Crippen molar-refractivity contribution in [2.24, 2.45) is 5.92 Å². The summed E-state index contributed by atoms with van der Waals surface area (Å²) in [7, 11) is 0. The second kappa shape index (κ2) is 8.77. The number of aromatic nitrogens is 4. The van der Waals surface area contributed by atoms with E-state index < -0.39 is 0 Å². The number of aromatic amines is 2.